The largest absolute Gasteiger partial charge is 0.417 e. The van der Waals surface area contributed by atoms with Gasteiger partial charge in [-0.15, -0.1) is 0 Å². The van der Waals surface area contributed by atoms with Gasteiger partial charge in [-0.25, -0.2) is 4.39 Å². The van der Waals surface area contributed by atoms with Crippen LogP contribution in [0.3, 0.4) is 0 Å². The SMILES string of the molecule is CCc1nn(C(=O)c2c(Cl)cccc2C(F)(F)F)c2cccc(F)c12. The Bertz CT molecular complexity index is 979. The molecule has 2 aromatic carbocycles. The highest BCUT2D eigenvalue weighted by molar-refractivity contribution is 6.34. The van der Waals surface area contributed by atoms with E-state index in [4.69, 9.17) is 11.6 Å². The number of fused-ring (bicyclic) bond motifs is 1. The molecule has 0 fully saturated rings. The highest BCUT2D eigenvalue weighted by atomic mass is 35.5. The molecule has 8 heteroatoms. The zero-order chi connectivity index (χ0) is 18.4. The number of benzene rings is 2. The van der Waals surface area contributed by atoms with Crippen LogP contribution in [0.25, 0.3) is 10.9 Å². The van der Waals surface area contributed by atoms with Gasteiger partial charge in [0.05, 0.1) is 32.7 Å². The van der Waals surface area contributed by atoms with Gasteiger partial charge < -0.3 is 0 Å². The summed E-state index contributed by atoms with van der Waals surface area (Å²) in [5, 5.41) is 3.77. The Morgan fingerprint density at radius 2 is 1.88 bits per heavy atom. The molecule has 3 aromatic rings. The number of hydrogen-bond acceptors (Lipinski definition) is 2. The van der Waals surface area contributed by atoms with Gasteiger partial charge in [0.15, 0.2) is 0 Å². The molecule has 0 saturated heterocycles. The van der Waals surface area contributed by atoms with Crippen LogP contribution >= 0.6 is 11.6 Å². The first-order valence-electron chi connectivity index (χ1n) is 7.32. The molecular weight excluding hydrogens is 360 g/mol. The van der Waals surface area contributed by atoms with Crippen molar-refractivity contribution in [3.63, 3.8) is 0 Å². The number of carbonyl (C=O) groups excluding carboxylic acids is 1. The molecule has 0 N–H and O–H groups in total. The van der Waals surface area contributed by atoms with Crippen molar-refractivity contribution in [1.82, 2.24) is 9.78 Å². The standard InChI is InChI=1S/C17H11ClF4N2O/c1-2-12-15-11(19)7-4-8-13(15)24(23-12)16(25)14-9(17(20,21)22)5-3-6-10(14)18/h3-8H,2H2,1H3. The average molecular weight is 371 g/mol. The third kappa shape index (κ3) is 2.89. The second-order valence-electron chi connectivity index (χ2n) is 5.31. The molecule has 0 spiro atoms. The predicted molar refractivity (Wildman–Crippen MR) is 85.3 cm³/mol. The fourth-order valence-corrected chi connectivity index (χ4v) is 2.94. The van der Waals surface area contributed by atoms with Crippen LogP contribution in [0, 0.1) is 5.82 Å². The first-order chi connectivity index (χ1) is 11.8. The third-order valence-corrected chi connectivity index (χ3v) is 4.10. The zero-order valence-corrected chi connectivity index (χ0v) is 13.6. The monoisotopic (exact) mass is 370 g/mol. The van der Waals surface area contributed by atoms with Gasteiger partial charge in [0.25, 0.3) is 5.91 Å². The second-order valence-corrected chi connectivity index (χ2v) is 5.72. The summed E-state index contributed by atoms with van der Waals surface area (Å²) >= 11 is 5.87. The van der Waals surface area contributed by atoms with Crippen LogP contribution in [0.2, 0.25) is 5.02 Å². The van der Waals surface area contributed by atoms with Crippen LogP contribution in [0.5, 0.6) is 0 Å². The van der Waals surface area contributed by atoms with Crippen LogP contribution in [0.15, 0.2) is 36.4 Å². The van der Waals surface area contributed by atoms with E-state index in [0.29, 0.717) is 6.42 Å². The number of rotatable bonds is 2. The molecule has 130 valence electrons. The maximum absolute atomic E-state index is 14.1. The van der Waals surface area contributed by atoms with E-state index in [1.54, 1.807) is 6.92 Å². The first kappa shape index (κ1) is 17.4. The van der Waals surface area contributed by atoms with Crippen LogP contribution in [0.1, 0.15) is 28.5 Å². The molecule has 0 aliphatic rings. The van der Waals surface area contributed by atoms with Crippen molar-refractivity contribution in [2.75, 3.05) is 0 Å². The Hall–Kier alpha value is -2.41. The summed E-state index contributed by atoms with van der Waals surface area (Å²) in [5.74, 6) is -1.66. The molecule has 25 heavy (non-hydrogen) atoms. The molecular formula is C17H11ClF4N2O. The minimum Gasteiger partial charge on any atom is -0.267 e. The smallest absolute Gasteiger partial charge is 0.267 e. The highest BCUT2D eigenvalue weighted by Crippen LogP contribution is 2.36. The number of alkyl halides is 3. The average Bonchev–Trinajstić information content (AvgIpc) is 2.93. The van der Waals surface area contributed by atoms with Gasteiger partial charge in [-0.3, -0.25) is 4.79 Å². The molecule has 1 heterocycles. The van der Waals surface area contributed by atoms with Crippen LogP contribution in [-0.4, -0.2) is 15.7 Å². The van der Waals surface area contributed by atoms with Crippen molar-refractivity contribution >= 4 is 28.4 Å². The molecule has 0 unspecified atom stereocenters. The molecule has 0 aliphatic carbocycles. The molecule has 0 radical (unpaired) electrons. The van der Waals surface area contributed by atoms with Gasteiger partial charge in [0, 0.05) is 0 Å². The minimum absolute atomic E-state index is 0.0925. The Morgan fingerprint density at radius 1 is 1.20 bits per heavy atom. The van der Waals surface area contributed by atoms with Gasteiger partial charge in [-0.2, -0.15) is 23.0 Å². The van der Waals surface area contributed by atoms with Gasteiger partial charge in [0.1, 0.15) is 5.82 Å². The third-order valence-electron chi connectivity index (χ3n) is 3.79. The van der Waals surface area contributed by atoms with Crippen molar-refractivity contribution in [2.24, 2.45) is 0 Å². The summed E-state index contributed by atoms with van der Waals surface area (Å²) in [6, 6.07) is 7.06. The summed E-state index contributed by atoms with van der Waals surface area (Å²) in [6.07, 6.45) is -4.45. The van der Waals surface area contributed by atoms with E-state index in [0.717, 1.165) is 16.8 Å². The van der Waals surface area contributed by atoms with Gasteiger partial charge >= 0.3 is 6.18 Å². The minimum atomic E-state index is -4.77. The normalized spacial score (nSPS) is 11.9. The van der Waals surface area contributed by atoms with Crippen molar-refractivity contribution in [3.8, 4) is 0 Å². The number of aryl methyl sites for hydroxylation is 1. The van der Waals surface area contributed by atoms with E-state index in [1.807, 2.05) is 0 Å². The van der Waals surface area contributed by atoms with E-state index < -0.39 is 29.0 Å². The Morgan fingerprint density at radius 3 is 2.52 bits per heavy atom. The number of nitrogens with zero attached hydrogens (tertiary/aromatic N) is 2. The van der Waals surface area contributed by atoms with E-state index in [1.165, 1.54) is 24.3 Å². The molecule has 0 saturated carbocycles. The molecule has 1 aromatic heterocycles. The Balaban J connectivity index is 2.29. The lowest BCUT2D eigenvalue weighted by Crippen LogP contribution is -2.20. The summed E-state index contributed by atoms with van der Waals surface area (Å²) in [5.41, 5.74) is -1.51. The summed E-state index contributed by atoms with van der Waals surface area (Å²) < 4.78 is 54.6. The van der Waals surface area contributed by atoms with Crippen LogP contribution < -0.4 is 0 Å². The second kappa shape index (κ2) is 6.15. The van der Waals surface area contributed by atoms with Gasteiger partial charge in [-0.05, 0) is 30.7 Å². The van der Waals surface area contributed by atoms with E-state index in [-0.39, 0.29) is 21.6 Å². The lowest BCUT2D eigenvalue weighted by atomic mass is 10.1. The van der Waals surface area contributed by atoms with E-state index in [2.05, 4.69) is 5.10 Å². The molecule has 0 atom stereocenters. The fourth-order valence-electron chi connectivity index (χ4n) is 2.69. The lowest BCUT2D eigenvalue weighted by molar-refractivity contribution is -0.137. The van der Waals surface area contributed by atoms with Crippen molar-refractivity contribution in [2.45, 2.75) is 19.5 Å². The van der Waals surface area contributed by atoms with Crippen molar-refractivity contribution in [3.05, 3.63) is 64.1 Å². The number of hydrogen-bond donors (Lipinski definition) is 0. The molecule has 0 amide bonds. The quantitative estimate of drug-likeness (QED) is 0.588. The maximum Gasteiger partial charge on any atom is 0.417 e. The number of carbonyl (C=O) groups is 1. The Kier molecular flexibility index (Phi) is 4.28. The topological polar surface area (TPSA) is 34.9 Å². The van der Waals surface area contributed by atoms with Crippen molar-refractivity contribution < 1.29 is 22.4 Å². The van der Waals surface area contributed by atoms with E-state index in [9.17, 15) is 22.4 Å². The van der Waals surface area contributed by atoms with E-state index >= 15 is 0 Å². The maximum atomic E-state index is 14.1. The van der Waals surface area contributed by atoms with Crippen LogP contribution in [0.4, 0.5) is 17.6 Å². The zero-order valence-electron chi connectivity index (χ0n) is 12.9. The molecule has 0 aliphatic heterocycles. The lowest BCUT2D eigenvalue weighted by Gasteiger charge is -2.13. The predicted octanol–water partition coefficient (Wildman–Crippen LogP) is 5.10. The summed E-state index contributed by atoms with van der Waals surface area (Å²) in [7, 11) is 0. The fraction of sp³-hybridized carbons (Fsp3) is 0.176. The Labute approximate surface area is 144 Å². The van der Waals surface area contributed by atoms with Crippen LogP contribution in [-0.2, 0) is 12.6 Å². The molecule has 0 bridgehead atoms. The van der Waals surface area contributed by atoms with Gasteiger partial charge in [-0.1, -0.05) is 30.7 Å². The van der Waals surface area contributed by atoms with Crippen molar-refractivity contribution in [1.29, 1.82) is 0 Å². The molecule has 3 rings (SSSR count). The highest BCUT2D eigenvalue weighted by Gasteiger charge is 2.37. The first-order valence-corrected chi connectivity index (χ1v) is 7.70. The molecule has 3 nitrogen and oxygen atoms in total. The summed E-state index contributed by atoms with van der Waals surface area (Å²) in [6.45, 7) is 1.71. The van der Waals surface area contributed by atoms with Gasteiger partial charge in [0.2, 0.25) is 0 Å². The summed E-state index contributed by atoms with van der Waals surface area (Å²) in [4.78, 5) is 12.8. The number of aromatic nitrogens is 2. The number of halogens is 5.